The van der Waals surface area contributed by atoms with E-state index in [4.69, 9.17) is 26.7 Å². The van der Waals surface area contributed by atoms with Gasteiger partial charge >= 0.3 is 5.97 Å². The van der Waals surface area contributed by atoms with Crippen molar-refractivity contribution >= 4 is 52.6 Å². The molecule has 2 heterocycles. The van der Waals surface area contributed by atoms with Crippen molar-refractivity contribution in [2.45, 2.75) is 26.7 Å². The van der Waals surface area contributed by atoms with Crippen LogP contribution in [0, 0.1) is 6.92 Å². The van der Waals surface area contributed by atoms with Gasteiger partial charge in [0, 0.05) is 26.8 Å². The molecule has 0 spiro atoms. The van der Waals surface area contributed by atoms with E-state index in [-0.39, 0.29) is 6.42 Å². The van der Waals surface area contributed by atoms with Crippen molar-refractivity contribution in [3.05, 3.63) is 92.9 Å². The third-order valence-corrected chi connectivity index (χ3v) is 6.60. The van der Waals surface area contributed by atoms with Crippen molar-refractivity contribution in [1.82, 2.24) is 9.97 Å². The van der Waals surface area contributed by atoms with Gasteiger partial charge in [-0.1, -0.05) is 48.9 Å². The van der Waals surface area contributed by atoms with Crippen LogP contribution in [0.4, 0.5) is 11.5 Å². The zero-order valence-corrected chi connectivity index (χ0v) is 20.5. The van der Waals surface area contributed by atoms with Crippen LogP contribution < -0.4 is 5.32 Å². The Morgan fingerprint density at radius 3 is 2.44 bits per heavy atom. The summed E-state index contributed by atoms with van der Waals surface area (Å²) in [7, 11) is 0. The van der Waals surface area contributed by atoms with Gasteiger partial charge in [0.05, 0.1) is 11.3 Å². The summed E-state index contributed by atoms with van der Waals surface area (Å²) >= 11 is 7.59. The maximum Gasteiger partial charge on any atom is 0.307 e. The summed E-state index contributed by atoms with van der Waals surface area (Å²) in [4.78, 5) is 22.6. The van der Waals surface area contributed by atoms with Gasteiger partial charge in [0.15, 0.2) is 5.82 Å². The minimum atomic E-state index is -0.844. The Labute approximate surface area is 207 Å². The Morgan fingerprint density at radius 2 is 1.76 bits per heavy atom. The number of benzene rings is 2. The van der Waals surface area contributed by atoms with Crippen LogP contribution in [-0.2, 0) is 17.6 Å². The molecule has 0 radical (unpaired) electrons. The van der Waals surface area contributed by atoms with Crippen LogP contribution in [0.25, 0.3) is 22.9 Å². The molecule has 4 aromatic rings. The average Bonchev–Trinajstić information content (AvgIpc) is 3.29. The van der Waals surface area contributed by atoms with Gasteiger partial charge in [-0.25, -0.2) is 9.97 Å². The molecule has 7 heteroatoms. The molecule has 0 fully saturated rings. The molecular weight excluding hydrogens is 466 g/mol. The van der Waals surface area contributed by atoms with Gasteiger partial charge < -0.3 is 10.4 Å². The average molecular weight is 490 g/mol. The highest BCUT2D eigenvalue weighted by molar-refractivity contribution is 7.16. The number of carboxylic acid groups (broad SMARTS) is 1. The Balaban J connectivity index is 1.57. The molecule has 2 N–H and O–H groups in total. The van der Waals surface area contributed by atoms with Gasteiger partial charge in [-0.05, 0) is 66.9 Å². The van der Waals surface area contributed by atoms with Gasteiger partial charge in [-0.15, -0.1) is 11.3 Å². The molecule has 0 saturated heterocycles. The molecule has 34 heavy (non-hydrogen) atoms. The highest BCUT2D eigenvalue weighted by atomic mass is 35.5. The fourth-order valence-electron chi connectivity index (χ4n) is 3.57. The van der Waals surface area contributed by atoms with Crippen LogP contribution >= 0.6 is 22.9 Å². The van der Waals surface area contributed by atoms with Crippen LogP contribution in [0.5, 0.6) is 0 Å². The van der Waals surface area contributed by atoms with E-state index >= 15 is 0 Å². The van der Waals surface area contributed by atoms with Crippen LogP contribution in [0.2, 0.25) is 5.02 Å². The summed E-state index contributed by atoms with van der Waals surface area (Å²) in [5.41, 5.74) is 4.68. The lowest BCUT2D eigenvalue weighted by Crippen LogP contribution is -2.05. The highest BCUT2D eigenvalue weighted by Crippen LogP contribution is 2.31. The first-order valence-corrected chi connectivity index (χ1v) is 12.1. The molecule has 0 saturated carbocycles. The van der Waals surface area contributed by atoms with E-state index in [2.05, 4.69) is 30.5 Å². The maximum atomic E-state index is 10.9. The number of nitrogens with zero attached hydrogens (tertiary/aromatic N) is 2. The number of aryl methyl sites for hydroxylation is 1. The number of nitrogens with one attached hydrogen (secondary N) is 1. The first kappa shape index (κ1) is 23.7. The van der Waals surface area contributed by atoms with Crippen LogP contribution in [0.1, 0.15) is 34.2 Å². The second-order valence-corrected chi connectivity index (χ2v) is 9.34. The first-order valence-electron chi connectivity index (χ1n) is 10.9. The van der Waals surface area contributed by atoms with E-state index in [1.165, 1.54) is 0 Å². The Kier molecular flexibility index (Phi) is 7.40. The molecule has 0 amide bonds. The minimum absolute atomic E-state index is 0.00439. The zero-order chi connectivity index (χ0) is 24.1. The lowest BCUT2D eigenvalue weighted by atomic mass is 10.1. The number of hydrogen-bond acceptors (Lipinski definition) is 5. The summed E-state index contributed by atoms with van der Waals surface area (Å²) < 4.78 is 0. The molecule has 2 aromatic carbocycles. The number of rotatable bonds is 8. The van der Waals surface area contributed by atoms with Crippen LogP contribution in [0.3, 0.4) is 0 Å². The van der Waals surface area contributed by atoms with Gasteiger partial charge in [0.1, 0.15) is 5.82 Å². The van der Waals surface area contributed by atoms with E-state index in [1.807, 2.05) is 61.5 Å². The fraction of sp³-hybridized carbons (Fsp3) is 0.148. The van der Waals surface area contributed by atoms with E-state index in [1.54, 1.807) is 11.3 Å². The molecule has 0 bridgehead atoms. The van der Waals surface area contributed by atoms with Crippen molar-refractivity contribution in [2.24, 2.45) is 0 Å². The molecule has 4 rings (SSSR count). The SMILES string of the molecule is CCc1c(C)nc(-c2ccc(C=Cc3ccc(Cl)cc3)s2)nc1Nc1ccc(CC(=O)O)cc1. The Hall–Kier alpha value is -3.48. The number of aromatic nitrogens is 2. The fourth-order valence-corrected chi connectivity index (χ4v) is 4.54. The van der Waals surface area contributed by atoms with Crippen molar-refractivity contribution < 1.29 is 9.90 Å². The second kappa shape index (κ2) is 10.6. The van der Waals surface area contributed by atoms with Crippen LogP contribution in [0.15, 0.2) is 60.7 Å². The molecule has 0 aliphatic heterocycles. The predicted octanol–water partition coefficient (Wildman–Crippen LogP) is 7.27. The van der Waals surface area contributed by atoms with E-state index in [0.29, 0.717) is 5.82 Å². The van der Waals surface area contributed by atoms with Gasteiger partial charge in [-0.3, -0.25) is 4.79 Å². The molecular formula is C27H24ClN3O2S. The van der Waals surface area contributed by atoms with Crippen LogP contribution in [-0.4, -0.2) is 21.0 Å². The molecule has 0 aliphatic carbocycles. The van der Waals surface area contributed by atoms with Gasteiger partial charge in [0.2, 0.25) is 0 Å². The molecule has 172 valence electrons. The summed E-state index contributed by atoms with van der Waals surface area (Å²) in [6.45, 7) is 4.08. The Bertz CT molecular complexity index is 1330. The highest BCUT2D eigenvalue weighted by Gasteiger charge is 2.13. The number of carbonyl (C=O) groups is 1. The number of thiophene rings is 1. The topological polar surface area (TPSA) is 75.1 Å². The van der Waals surface area contributed by atoms with E-state index in [9.17, 15) is 4.79 Å². The van der Waals surface area contributed by atoms with Gasteiger partial charge in [0.25, 0.3) is 0 Å². The number of hydrogen-bond donors (Lipinski definition) is 2. The molecule has 0 aliphatic rings. The van der Waals surface area contributed by atoms with Gasteiger partial charge in [-0.2, -0.15) is 0 Å². The van der Waals surface area contributed by atoms with E-state index < -0.39 is 5.97 Å². The smallest absolute Gasteiger partial charge is 0.307 e. The molecule has 0 atom stereocenters. The third kappa shape index (κ3) is 5.90. The molecule has 5 nitrogen and oxygen atoms in total. The van der Waals surface area contributed by atoms with Crippen molar-refractivity contribution in [3.8, 4) is 10.7 Å². The summed E-state index contributed by atoms with van der Waals surface area (Å²) in [6, 6.07) is 19.2. The summed E-state index contributed by atoms with van der Waals surface area (Å²) in [6.07, 6.45) is 4.93. The molecule has 0 unspecified atom stereocenters. The largest absolute Gasteiger partial charge is 0.481 e. The van der Waals surface area contributed by atoms with E-state index in [0.717, 1.165) is 55.1 Å². The summed E-state index contributed by atoms with van der Waals surface area (Å²) in [5, 5.41) is 13.1. The first-order chi connectivity index (χ1) is 16.4. The number of halogens is 1. The van der Waals surface area contributed by atoms with Crippen molar-refractivity contribution in [3.63, 3.8) is 0 Å². The number of anilines is 2. The minimum Gasteiger partial charge on any atom is -0.481 e. The maximum absolute atomic E-state index is 10.9. The molecule has 2 aromatic heterocycles. The monoisotopic (exact) mass is 489 g/mol. The predicted molar refractivity (Wildman–Crippen MR) is 141 cm³/mol. The lowest BCUT2D eigenvalue weighted by Gasteiger charge is -2.14. The summed E-state index contributed by atoms with van der Waals surface area (Å²) in [5.74, 6) is 0.599. The third-order valence-electron chi connectivity index (χ3n) is 5.30. The number of carboxylic acids is 1. The second-order valence-electron chi connectivity index (χ2n) is 7.79. The normalized spacial score (nSPS) is 11.1. The number of aliphatic carboxylic acids is 1. The quantitative estimate of drug-likeness (QED) is 0.272. The lowest BCUT2D eigenvalue weighted by molar-refractivity contribution is -0.136. The Morgan fingerprint density at radius 1 is 1.03 bits per heavy atom. The van der Waals surface area contributed by atoms with Crippen molar-refractivity contribution in [1.29, 1.82) is 0 Å². The zero-order valence-electron chi connectivity index (χ0n) is 18.9. The van der Waals surface area contributed by atoms with Crippen molar-refractivity contribution in [2.75, 3.05) is 5.32 Å². The standard InChI is InChI=1S/C27H24ClN3O2S/c1-3-23-17(2)29-27(31-26(23)30-21-11-6-19(7-12-21)16-25(32)33)24-15-14-22(34-24)13-8-18-4-9-20(28)10-5-18/h4-15H,3,16H2,1-2H3,(H,32,33)(H,29,30,31).